The van der Waals surface area contributed by atoms with E-state index in [-0.39, 0.29) is 18.9 Å². The molecule has 0 aromatic carbocycles. The van der Waals surface area contributed by atoms with Gasteiger partial charge in [-0.15, -0.1) is 0 Å². The maximum atomic E-state index is 11.4. The summed E-state index contributed by atoms with van der Waals surface area (Å²) in [5.74, 6) is -0.337. The maximum absolute atomic E-state index is 11.4. The molecule has 0 N–H and O–H groups in total. The smallest absolute Gasteiger partial charge is 0.330 e. The summed E-state index contributed by atoms with van der Waals surface area (Å²) in [6.45, 7) is 5.04. The summed E-state index contributed by atoms with van der Waals surface area (Å²) < 4.78 is 15.6. The van der Waals surface area contributed by atoms with Crippen molar-refractivity contribution in [2.45, 2.75) is 45.6 Å². The van der Waals surface area contributed by atoms with Crippen LogP contribution in [0.5, 0.6) is 0 Å². The lowest BCUT2D eigenvalue weighted by molar-refractivity contribution is -0.138. The minimum atomic E-state index is -0.337. The third kappa shape index (κ3) is 6.55. The molecule has 0 radical (unpaired) electrons. The van der Waals surface area contributed by atoms with Crippen LogP contribution in [0.2, 0.25) is 0 Å². The first-order valence-corrected chi connectivity index (χ1v) is 7.01. The number of unbranched alkanes of at least 4 members (excludes halogenated alkanes) is 3. The van der Waals surface area contributed by atoms with Gasteiger partial charge in [-0.05, 0) is 25.3 Å². The zero-order valence-electron chi connectivity index (χ0n) is 11.9. The van der Waals surface area contributed by atoms with Crippen LogP contribution in [-0.2, 0) is 19.0 Å². The molecule has 108 valence electrons. The Labute approximate surface area is 115 Å². The molecule has 1 rings (SSSR count). The fourth-order valence-electron chi connectivity index (χ4n) is 1.84. The van der Waals surface area contributed by atoms with Gasteiger partial charge in [0.2, 0.25) is 0 Å². The molecule has 0 amide bonds. The summed E-state index contributed by atoms with van der Waals surface area (Å²) in [5, 5.41) is 0. The predicted octanol–water partition coefficient (Wildman–Crippen LogP) is 2.99. The molecule has 1 fully saturated rings. The van der Waals surface area contributed by atoms with Crippen molar-refractivity contribution in [3.8, 4) is 0 Å². The number of esters is 1. The van der Waals surface area contributed by atoms with Crippen molar-refractivity contribution >= 4 is 5.97 Å². The molecule has 1 atom stereocenters. The van der Waals surface area contributed by atoms with Crippen LogP contribution in [0.1, 0.15) is 39.5 Å². The van der Waals surface area contributed by atoms with Crippen LogP contribution in [0.3, 0.4) is 0 Å². The Hall–Kier alpha value is -1.13. The highest BCUT2D eigenvalue weighted by Gasteiger charge is 2.18. The van der Waals surface area contributed by atoms with E-state index in [9.17, 15) is 4.79 Å². The third-order valence-electron chi connectivity index (χ3n) is 2.84. The van der Waals surface area contributed by atoms with Crippen molar-refractivity contribution in [2.75, 3.05) is 20.0 Å². The van der Waals surface area contributed by atoms with Crippen LogP contribution in [0.15, 0.2) is 23.8 Å². The van der Waals surface area contributed by atoms with Gasteiger partial charge in [0.15, 0.2) is 0 Å². The summed E-state index contributed by atoms with van der Waals surface area (Å²) in [5.41, 5.74) is 0.816. The number of carbonyl (C=O) groups is 1. The summed E-state index contributed by atoms with van der Waals surface area (Å²) in [4.78, 5) is 11.4. The van der Waals surface area contributed by atoms with Crippen LogP contribution < -0.4 is 0 Å². The first kappa shape index (κ1) is 15.9. The molecule has 0 aromatic heterocycles. The topological polar surface area (TPSA) is 44.8 Å². The minimum Gasteiger partial charge on any atom is -0.463 e. The molecule has 1 saturated heterocycles. The van der Waals surface area contributed by atoms with Gasteiger partial charge in [-0.3, -0.25) is 0 Å². The average molecular weight is 268 g/mol. The summed E-state index contributed by atoms with van der Waals surface area (Å²) in [7, 11) is 0. The third-order valence-corrected chi connectivity index (χ3v) is 2.84. The Kier molecular flexibility index (Phi) is 8.18. The summed E-state index contributed by atoms with van der Waals surface area (Å²) in [6.07, 6.45) is 10.1. The minimum absolute atomic E-state index is 0.167. The first-order chi connectivity index (χ1) is 9.27. The van der Waals surface area contributed by atoms with Gasteiger partial charge in [0.25, 0.3) is 0 Å². The molecule has 0 bridgehead atoms. The Morgan fingerprint density at radius 1 is 1.42 bits per heavy atom. The Morgan fingerprint density at radius 2 is 2.26 bits per heavy atom. The zero-order valence-corrected chi connectivity index (χ0v) is 11.9. The molecule has 4 nitrogen and oxygen atoms in total. The zero-order chi connectivity index (χ0) is 13.9. The van der Waals surface area contributed by atoms with Gasteiger partial charge in [-0.25, -0.2) is 4.79 Å². The average Bonchev–Trinajstić information content (AvgIpc) is 2.40. The molecular formula is C15H24O4. The van der Waals surface area contributed by atoms with Gasteiger partial charge in [-0.1, -0.05) is 31.9 Å². The van der Waals surface area contributed by atoms with Crippen LogP contribution in [0.25, 0.3) is 0 Å². The molecular weight excluding hydrogens is 244 g/mol. The molecule has 0 unspecified atom stereocenters. The van der Waals surface area contributed by atoms with Gasteiger partial charge in [-0.2, -0.15) is 0 Å². The quantitative estimate of drug-likeness (QED) is 0.308. The Balaban J connectivity index is 2.50. The molecule has 4 heteroatoms. The monoisotopic (exact) mass is 268 g/mol. The van der Waals surface area contributed by atoms with Gasteiger partial charge < -0.3 is 14.2 Å². The second kappa shape index (κ2) is 9.75. The number of hydrogen-bond donors (Lipinski definition) is 0. The van der Waals surface area contributed by atoms with Crippen LogP contribution >= 0.6 is 0 Å². The second-order valence-corrected chi connectivity index (χ2v) is 4.45. The lowest BCUT2D eigenvalue weighted by atomic mass is 10.1. The van der Waals surface area contributed by atoms with Crippen molar-refractivity contribution in [1.82, 2.24) is 0 Å². The fourth-order valence-corrected chi connectivity index (χ4v) is 1.84. The van der Waals surface area contributed by atoms with E-state index in [4.69, 9.17) is 14.2 Å². The SMILES string of the molecule is CCCCC/C=C\[C@@H]1OCOC/C1=C/C(=O)OCC. The predicted molar refractivity (Wildman–Crippen MR) is 73.7 cm³/mol. The second-order valence-electron chi connectivity index (χ2n) is 4.45. The number of allylic oxidation sites excluding steroid dienone is 1. The highest BCUT2D eigenvalue weighted by molar-refractivity contribution is 5.83. The molecule has 0 aliphatic carbocycles. The van der Waals surface area contributed by atoms with Crippen molar-refractivity contribution < 1.29 is 19.0 Å². The molecule has 0 spiro atoms. The molecule has 19 heavy (non-hydrogen) atoms. The van der Waals surface area contributed by atoms with E-state index < -0.39 is 0 Å². The lowest BCUT2D eigenvalue weighted by Gasteiger charge is -2.23. The molecule has 1 aliphatic heterocycles. The van der Waals surface area contributed by atoms with E-state index in [1.54, 1.807) is 6.92 Å². The van der Waals surface area contributed by atoms with Crippen LogP contribution in [0.4, 0.5) is 0 Å². The van der Waals surface area contributed by atoms with Gasteiger partial charge in [0.1, 0.15) is 12.9 Å². The normalized spacial score (nSPS) is 22.0. The maximum Gasteiger partial charge on any atom is 0.330 e. The molecule has 0 saturated carbocycles. The molecule has 0 aromatic rings. The highest BCUT2D eigenvalue weighted by atomic mass is 16.7. The van der Waals surface area contributed by atoms with E-state index in [0.29, 0.717) is 13.2 Å². The summed E-state index contributed by atoms with van der Waals surface area (Å²) in [6, 6.07) is 0. The number of ether oxygens (including phenoxy) is 3. The largest absolute Gasteiger partial charge is 0.463 e. The highest BCUT2D eigenvalue weighted by Crippen LogP contribution is 2.16. The van der Waals surface area contributed by atoms with Gasteiger partial charge in [0.05, 0.1) is 13.2 Å². The summed E-state index contributed by atoms with van der Waals surface area (Å²) >= 11 is 0. The van der Waals surface area contributed by atoms with Crippen molar-refractivity contribution in [1.29, 1.82) is 0 Å². The van der Waals surface area contributed by atoms with E-state index in [2.05, 4.69) is 13.0 Å². The van der Waals surface area contributed by atoms with Gasteiger partial charge in [0, 0.05) is 6.08 Å². The first-order valence-electron chi connectivity index (χ1n) is 7.01. The van der Waals surface area contributed by atoms with Crippen molar-refractivity contribution in [2.24, 2.45) is 0 Å². The van der Waals surface area contributed by atoms with E-state index in [1.807, 2.05) is 6.08 Å². The van der Waals surface area contributed by atoms with Crippen LogP contribution in [-0.4, -0.2) is 32.1 Å². The Morgan fingerprint density at radius 3 is 3.00 bits per heavy atom. The number of hydrogen-bond acceptors (Lipinski definition) is 4. The standard InChI is InChI=1S/C15H24O4/c1-3-5-6-7-8-9-14-13(11-17-12-19-14)10-15(16)18-4-2/h8-10,14H,3-7,11-12H2,1-2H3/b9-8-,13-10-/t14-/m0/s1. The molecule has 1 aliphatic rings. The van der Waals surface area contributed by atoms with Crippen molar-refractivity contribution in [3.05, 3.63) is 23.8 Å². The fraction of sp³-hybridized carbons (Fsp3) is 0.667. The number of rotatable bonds is 7. The van der Waals surface area contributed by atoms with E-state index in [0.717, 1.165) is 12.0 Å². The van der Waals surface area contributed by atoms with Crippen molar-refractivity contribution in [3.63, 3.8) is 0 Å². The van der Waals surface area contributed by atoms with E-state index >= 15 is 0 Å². The Bertz CT molecular complexity index is 320. The van der Waals surface area contributed by atoms with Gasteiger partial charge >= 0.3 is 5.97 Å². The van der Waals surface area contributed by atoms with Crippen LogP contribution in [0, 0.1) is 0 Å². The molecule has 1 heterocycles. The van der Waals surface area contributed by atoms with E-state index in [1.165, 1.54) is 25.3 Å². The number of carbonyl (C=O) groups excluding carboxylic acids is 1. The lowest BCUT2D eigenvalue weighted by Crippen LogP contribution is -2.26.